The zero-order valence-electron chi connectivity index (χ0n) is 19.9. The number of alkyl halides is 3. The smallest absolute Gasteiger partial charge is 0.418 e. The van der Waals surface area contributed by atoms with E-state index in [1.54, 1.807) is 10.6 Å². The van der Waals surface area contributed by atoms with Crippen molar-refractivity contribution < 1.29 is 17.9 Å². The standard InChI is InChI=1S/C28H26BrF3N2O.ClH/c1-33(2)18-5-19-35-23-14-10-21(11-15-23)26-17-16-25(20-8-12-22(29)13-9-20)34(26)27-7-4-3-6-24(27)28(30,31)32;/h3-4,6-17H,5,18-19H2,1-2H3;1H. The monoisotopic (exact) mass is 578 g/mol. The molecule has 190 valence electrons. The summed E-state index contributed by atoms with van der Waals surface area (Å²) in [7, 11) is 4.03. The molecular weight excluding hydrogens is 553 g/mol. The molecule has 0 bridgehead atoms. The van der Waals surface area contributed by atoms with Crippen LogP contribution in [-0.2, 0) is 6.18 Å². The molecular formula is C28H27BrClF3N2O. The van der Waals surface area contributed by atoms with Gasteiger partial charge in [-0.05, 0) is 92.3 Å². The molecule has 8 heteroatoms. The summed E-state index contributed by atoms with van der Waals surface area (Å²) >= 11 is 3.43. The van der Waals surface area contributed by atoms with Crippen LogP contribution in [0.2, 0.25) is 0 Å². The van der Waals surface area contributed by atoms with Gasteiger partial charge in [0.1, 0.15) is 5.75 Å². The highest BCUT2D eigenvalue weighted by Crippen LogP contribution is 2.39. The number of hydrogen-bond donors (Lipinski definition) is 0. The molecule has 0 saturated heterocycles. The summed E-state index contributed by atoms with van der Waals surface area (Å²) in [6, 6.07) is 24.4. The Morgan fingerprint density at radius 1 is 0.806 bits per heavy atom. The Morgan fingerprint density at radius 3 is 1.92 bits per heavy atom. The lowest BCUT2D eigenvalue weighted by Crippen LogP contribution is -2.15. The predicted molar refractivity (Wildman–Crippen MR) is 145 cm³/mol. The fourth-order valence-electron chi connectivity index (χ4n) is 3.97. The van der Waals surface area contributed by atoms with Gasteiger partial charge in [0.15, 0.2) is 0 Å². The van der Waals surface area contributed by atoms with Gasteiger partial charge < -0.3 is 14.2 Å². The number of rotatable bonds is 8. The summed E-state index contributed by atoms with van der Waals surface area (Å²) in [4.78, 5) is 2.10. The van der Waals surface area contributed by atoms with Crippen LogP contribution in [-0.4, -0.2) is 36.7 Å². The van der Waals surface area contributed by atoms with Gasteiger partial charge in [0.2, 0.25) is 0 Å². The van der Waals surface area contributed by atoms with Gasteiger partial charge in [-0.1, -0.05) is 40.2 Å². The van der Waals surface area contributed by atoms with Crippen molar-refractivity contribution in [3.8, 4) is 34.0 Å². The van der Waals surface area contributed by atoms with Crippen LogP contribution < -0.4 is 4.74 Å². The van der Waals surface area contributed by atoms with E-state index in [4.69, 9.17) is 4.74 Å². The first-order valence-corrected chi connectivity index (χ1v) is 12.1. The molecule has 0 atom stereocenters. The minimum atomic E-state index is -4.49. The van der Waals surface area contributed by atoms with Crippen LogP contribution in [0.25, 0.3) is 28.2 Å². The van der Waals surface area contributed by atoms with E-state index >= 15 is 0 Å². The Hall–Kier alpha value is -2.74. The van der Waals surface area contributed by atoms with Crippen molar-refractivity contribution in [2.75, 3.05) is 27.2 Å². The van der Waals surface area contributed by atoms with Crippen LogP contribution in [0.1, 0.15) is 12.0 Å². The third-order valence-corrected chi connectivity index (χ3v) is 6.17. The highest BCUT2D eigenvalue weighted by molar-refractivity contribution is 9.10. The molecule has 0 amide bonds. The zero-order valence-corrected chi connectivity index (χ0v) is 22.3. The van der Waals surface area contributed by atoms with Crippen LogP contribution in [0, 0.1) is 0 Å². The van der Waals surface area contributed by atoms with Crippen LogP contribution in [0.5, 0.6) is 5.75 Å². The van der Waals surface area contributed by atoms with E-state index in [9.17, 15) is 13.2 Å². The molecule has 0 spiro atoms. The highest BCUT2D eigenvalue weighted by atomic mass is 79.9. The van der Waals surface area contributed by atoms with E-state index in [2.05, 4.69) is 20.8 Å². The van der Waals surface area contributed by atoms with Crippen molar-refractivity contribution in [2.45, 2.75) is 12.6 Å². The summed E-state index contributed by atoms with van der Waals surface area (Å²) in [5, 5.41) is 0. The molecule has 0 aliphatic carbocycles. The maximum absolute atomic E-state index is 14.0. The number of aromatic nitrogens is 1. The molecule has 4 rings (SSSR count). The fraction of sp³-hybridized carbons (Fsp3) is 0.214. The van der Waals surface area contributed by atoms with Crippen LogP contribution >= 0.6 is 28.3 Å². The Balaban J connectivity index is 0.00000361. The topological polar surface area (TPSA) is 17.4 Å². The normalized spacial score (nSPS) is 11.4. The Morgan fingerprint density at radius 2 is 1.36 bits per heavy atom. The Labute approximate surface area is 224 Å². The number of para-hydroxylation sites is 1. The second-order valence-corrected chi connectivity index (χ2v) is 9.41. The molecule has 0 radical (unpaired) electrons. The van der Waals surface area contributed by atoms with Gasteiger partial charge in [0.05, 0.1) is 29.2 Å². The predicted octanol–water partition coefficient (Wildman–Crippen LogP) is 8.34. The first-order valence-electron chi connectivity index (χ1n) is 11.3. The Bertz CT molecular complexity index is 1270. The summed E-state index contributed by atoms with van der Waals surface area (Å²) in [5.74, 6) is 0.731. The van der Waals surface area contributed by atoms with Gasteiger partial charge in [-0.15, -0.1) is 12.4 Å². The lowest BCUT2D eigenvalue weighted by atomic mass is 10.1. The molecule has 0 fully saturated rings. The fourth-order valence-corrected chi connectivity index (χ4v) is 4.23. The SMILES string of the molecule is CN(C)CCCOc1ccc(-c2ccc(-c3ccc(Br)cc3)n2-c2ccccc2C(F)(F)F)cc1.Cl. The third kappa shape index (κ3) is 6.52. The molecule has 0 N–H and O–H groups in total. The largest absolute Gasteiger partial charge is 0.494 e. The van der Waals surface area contributed by atoms with Crippen molar-refractivity contribution in [1.29, 1.82) is 0 Å². The number of nitrogens with zero attached hydrogens (tertiary/aromatic N) is 2. The molecule has 3 aromatic carbocycles. The molecule has 36 heavy (non-hydrogen) atoms. The minimum Gasteiger partial charge on any atom is -0.494 e. The first kappa shape index (κ1) is 27.8. The number of hydrogen-bond acceptors (Lipinski definition) is 2. The maximum atomic E-state index is 14.0. The van der Waals surface area contributed by atoms with Crippen molar-refractivity contribution in [3.05, 3.63) is 95.0 Å². The van der Waals surface area contributed by atoms with Crippen molar-refractivity contribution >= 4 is 28.3 Å². The number of benzene rings is 3. The van der Waals surface area contributed by atoms with E-state index in [1.165, 1.54) is 12.1 Å². The van der Waals surface area contributed by atoms with Gasteiger partial charge >= 0.3 is 6.18 Å². The van der Waals surface area contributed by atoms with Gasteiger partial charge in [0, 0.05) is 11.0 Å². The minimum absolute atomic E-state index is 0. The Kier molecular flexibility index (Phi) is 9.28. The second kappa shape index (κ2) is 12.0. The molecule has 0 saturated carbocycles. The molecule has 3 nitrogen and oxygen atoms in total. The van der Waals surface area contributed by atoms with Crippen LogP contribution in [0.3, 0.4) is 0 Å². The maximum Gasteiger partial charge on any atom is 0.418 e. The van der Waals surface area contributed by atoms with Gasteiger partial charge in [0.25, 0.3) is 0 Å². The summed E-state index contributed by atoms with van der Waals surface area (Å²) in [5.41, 5.74) is 2.36. The van der Waals surface area contributed by atoms with Gasteiger partial charge in [-0.25, -0.2) is 0 Å². The van der Waals surface area contributed by atoms with E-state index in [0.29, 0.717) is 18.0 Å². The lowest BCUT2D eigenvalue weighted by molar-refractivity contribution is -0.137. The molecule has 4 aromatic rings. The highest BCUT2D eigenvalue weighted by Gasteiger charge is 2.34. The van der Waals surface area contributed by atoms with Gasteiger partial charge in [-0.3, -0.25) is 0 Å². The van der Waals surface area contributed by atoms with Gasteiger partial charge in [-0.2, -0.15) is 13.2 Å². The molecule has 0 aliphatic heterocycles. The van der Waals surface area contributed by atoms with Crippen molar-refractivity contribution in [2.24, 2.45) is 0 Å². The lowest BCUT2D eigenvalue weighted by Gasteiger charge is -2.19. The average Bonchev–Trinajstić information content (AvgIpc) is 3.27. The number of ether oxygens (including phenoxy) is 1. The first-order chi connectivity index (χ1) is 16.7. The third-order valence-electron chi connectivity index (χ3n) is 5.64. The molecule has 0 aliphatic rings. The quantitative estimate of drug-likeness (QED) is 0.195. The van der Waals surface area contributed by atoms with E-state index in [1.807, 2.05) is 74.8 Å². The number of halogens is 5. The summed E-state index contributed by atoms with van der Waals surface area (Å²) in [6.07, 6.45) is -3.58. The summed E-state index contributed by atoms with van der Waals surface area (Å²) < 4.78 is 50.3. The van der Waals surface area contributed by atoms with Crippen molar-refractivity contribution in [1.82, 2.24) is 9.47 Å². The molecule has 1 heterocycles. The van der Waals surface area contributed by atoms with E-state index in [-0.39, 0.29) is 18.1 Å². The van der Waals surface area contributed by atoms with Crippen molar-refractivity contribution in [3.63, 3.8) is 0 Å². The van der Waals surface area contributed by atoms with E-state index in [0.717, 1.165) is 40.4 Å². The van der Waals surface area contributed by atoms with Crippen LogP contribution in [0.4, 0.5) is 13.2 Å². The van der Waals surface area contributed by atoms with Crippen LogP contribution in [0.15, 0.2) is 89.4 Å². The zero-order chi connectivity index (χ0) is 25.0. The van der Waals surface area contributed by atoms with E-state index < -0.39 is 11.7 Å². The molecule has 1 aromatic heterocycles. The average molecular weight is 580 g/mol. The second-order valence-electron chi connectivity index (χ2n) is 8.49. The molecule has 0 unspecified atom stereocenters. The summed E-state index contributed by atoms with van der Waals surface area (Å²) in [6.45, 7) is 1.53.